The Morgan fingerprint density at radius 2 is 1.86 bits per heavy atom. The van der Waals surface area contributed by atoms with Crippen molar-refractivity contribution in [3.05, 3.63) is 70.4 Å². The summed E-state index contributed by atoms with van der Waals surface area (Å²) in [5.74, 6) is 6.34. The first-order valence-electron chi connectivity index (χ1n) is 7.70. The minimum absolute atomic E-state index is 0.525. The summed E-state index contributed by atoms with van der Waals surface area (Å²) in [7, 11) is 1.93. The highest BCUT2D eigenvalue weighted by Gasteiger charge is 2.15. The molecule has 1 aromatic heterocycles. The van der Waals surface area contributed by atoms with Crippen molar-refractivity contribution in [3.8, 4) is 0 Å². The van der Waals surface area contributed by atoms with Crippen LogP contribution in [0.15, 0.2) is 60.0 Å². The molecule has 0 bridgehead atoms. The quantitative estimate of drug-likeness (QED) is 0.539. The van der Waals surface area contributed by atoms with Crippen molar-refractivity contribution in [2.24, 2.45) is 5.84 Å². The van der Waals surface area contributed by atoms with E-state index in [1.807, 2.05) is 18.4 Å². The highest BCUT2D eigenvalue weighted by atomic mass is 32.1. The third-order valence-corrected chi connectivity index (χ3v) is 5.16. The fourth-order valence-corrected chi connectivity index (χ4v) is 3.83. The highest BCUT2D eigenvalue weighted by Crippen LogP contribution is 2.30. The lowest BCUT2D eigenvalue weighted by atomic mass is 9.91. The van der Waals surface area contributed by atoms with E-state index in [1.54, 1.807) is 5.01 Å². The SMILES string of the molecule is CN(N)CCC(Cc1cccc2ccccc12)c1cccs1. The van der Waals surface area contributed by atoms with E-state index in [2.05, 4.69) is 60.0 Å². The first kappa shape index (κ1) is 15.2. The van der Waals surface area contributed by atoms with Gasteiger partial charge in [0.2, 0.25) is 0 Å². The summed E-state index contributed by atoms with van der Waals surface area (Å²) < 4.78 is 0. The van der Waals surface area contributed by atoms with Gasteiger partial charge in [0.1, 0.15) is 0 Å². The molecule has 0 aliphatic rings. The average molecular weight is 310 g/mol. The van der Waals surface area contributed by atoms with Crippen LogP contribution in [0, 0.1) is 0 Å². The summed E-state index contributed by atoms with van der Waals surface area (Å²) in [4.78, 5) is 1.45. The number of hydrazine groups is 1. The minimum Gasteiger partial charge on any atom is -0.269 e. The molecule has 114 valence electrons. The molecule has 1 heterocycles. The Balaban J connectivity index is 1.88. The number of rotatable bonds is 6. The van der Waals surface area contributed by atoms with Gasteiger partial charge < -0.3 is 0 Å². The van der Waals surface area contributed by atoms with Gasteiger partial charge in [-0.2, -0.15) is 0 Å². The number of hydrogen-bond donors (Lipinski definition) is 1. The normalized spacial score (nSPS) is 12.9. The number of nitrogens with zero attached hydrogens (tertiary/aromatic N) is 1. The third-order valence-electron chi connectivity index (χ3n) is 4.12. The molecule has 3 rings (SSSR count). The standard InChI is InChI=1S/C19H22N2S/c1-21(20)12-11-17(19-10-5-13-22-19)14-16-8-4-7-15-6-2-3-9-18(15)16/h2-10,13,17H,11-12,14,20H2,1H3. The molecule has 0 amide bonds. The molecule has 0 aliphatic heterocycles. The zero-order valence-electron chi connectivity index (χ0n) is 12.9. The van der Waals surface area contributed by atoms with E-state index < -0.39 is 0 Å². The maximum absolute atomic E-state index is 5.81. The van der Waals surface area contributed by atoms with Crippen LogP contribution in [0.4, 0.5) is 0 Å². The van der Waals surface area contributed by atoms with E-state index >= 15 is 0 Å². The molecule has 0 radical (unpaired) electrons. The molecule has 2 N–H and O–H groups in total. The van der Waals surface area contributed by atoms with Crippen molar-refractivity contribution in [3.63, 3.8) is 0 Å². The van der Waals surface area contributed by atoms with E-state index in [-0.39, 0.29) is 0 Å². The Bertz CT molecular complexity index is 714. The van der Waals surface area contributed by atoms with Gasteiger partial charge in [-0.1, -0.05) is 48.5 Å². The van der Waals surface area contributed by atoms with Crippen LogP contribution in [0.1, 0.15) is 22.8 Å². The molecule has 0 fully saturated rings. The molecule has 0 saturated heterocycles. The van der Waals surface area contributed by atoms with E-state index in [9.17, 15) is 0 Å². The summed E-state index contributed by atoms with van der Waals surface area (Å²) in [5, 5.41) is 6.63. The molecule has 3 aromatic rings. The molecule has 2 aromatic carbocycles. The minimum atomic E-state index is 0.525. The Morgan fingerprint density at radius 3 is 2.64 bits per heavy atom. The lowest BCUT2D eigenvalue weighted by Gasteiger charge is -2.19. The number of benzene rings is 2. The van der Waals surface area contributed by atoms with Crippen molar-refractivity contribution in [1.82, 2.24) is 5.01 Å². The summed E-state index contributed by atoms with van der Waals surface area (Å²) in [6, 6.07) is 19.6. The fourth-order valence-electron chi connectivity index (χ4n) is 2.96. The predicted octanol–water partition coefficient (Wildman–Crippen LogP) is 4.42. The van der Waals surface area contributed by atoms with Gasteiger partial charge in [0.25, 0.3) is 0 Å². The second-order valence-corrected chi connectivity index (χ2v) is 6.80. The van der Waals surface area contributed by atoms with Crippen LogP contribution in [0.2, 0.25) is 0 Å². The average Bonchev–Trinajstić information content (AvgIpc) is 3.05. The van der Waals surface area contributed by atoms with Gasteiger partial charge in [0.15, 0.2) is 0 Å². The first-order valence-corrected chi connectivity index (χ1v) is 8.58. The van der Waals surface area contributed by atoms with Crippen LogP contribution in [0.5, 0.6) is 0 Å². The van der Waals surface area contributed by atoms with Gasteiger partial charge in [0.05, 0.1) is 0 Å². The molecule has 2 nitrogen and oxygen atoms in total. The van der Waals surface area contributed by atoms with Gasteiger partial charge in [-0.3, -0.25) is 10.9 Å². The maximum Gasteiger partial charge on any atom is 0.0131 e. The van der Waals surface area contributed by atoms with E-state index in [1.165, 1.54) is 21.2 Å². The predicted molar refractivity (Wildman–Crippen MR) is 96.1 cm³/mol. The number of fused-ring (bicyclic) bond motifs is 1. The van der Waals surface area contributed by atoms with Gasteiger partial charge in [0, 0.05) is 18.5 Å². The summed E-state index contributed by atoms with van der Waals surface area (Å²) in [5.41, 5.74) is 1.43. The third kappa shape index (κ3) is 3.55. The number of thiophene rings is 1. The van der Waals surface area contributed by atoms with E-state index in [0.29, 0.717) is 5.92 Å². The molecule has 22 heavy (non-hydrogen) atoms. The van der Waals surface area contributed by atoms with Crippen LogP contribution in [0.3, 0.4) is 0 Å². The van der Waals surface area contributed by atoms with E-state index in [0.717, 1.165) is 19.4 Å². The van der Waals surface area contributed by atoms with Crippen molar-refractivity contribution in [1.29, 1.82) is 0 Å². The highest BCUT2D eigenvalue weighted by molar-refractivity contribution is 7.10. The van der Waals surface area contributed by atoms with Crippen molar-refractivity contribution >= 4 is 22.1 Å². The van der Waals surface area contributed by atoms with Crippen molar-refractivity contribution < 1.29 is 0 Å². The zero-order valence-corrected chi connectivity index (χ0v) is 13.7. The number of nitrogens with two attached hydrogens (primary N) is 1. The van der Waals surface area contributed by atoms with Crippen LogP contribution in [-0.4, -0.2) is 18.6 Å². The van der Waals surface area contributed by atoms with Gasteiger partial charge in [-0.25, -0.2) is 0 Å². The second kappa shape index (κ2) is 7.05. The van der Waals surface area contributed by atoms with Crippen molar-refractivity contribution in [2.45, 2.75) is 18.8 Å². The lowest BCUT2D eigenvalue weighted by molar-refractivity contribution is 0.330. The molecule has 3 heteroatoms. The molecule has 1 unspecified atom stereocenters. The Kier molecular flexibility index (Phi) is 4.88. The van der Waals surface area contributed by atoms with Crippen LogP contribution < -0.4 is 5.84 Å². The molecule has 0 spiro atoms. The first-order chi connectivity index (χ1) is 10.7. The van der Waals surface area contributed by atoms with Gasteiger partial charge in [-0.15, -0.1) is 11.3 Å². The van der Waals surface area contributed by atoms with E-state index in [4.69, 9.17) is 5.84 Å². The van der Waals surface area contributed by atoms with Crippen LogP contribution in [-0.2, 0) is 6.42 Å². The molecule has 0 aliphatic carbocycles. The summed E-state index contributed by atoms with van der Waals surface area (Å²) >= 11 is 1.85. The Hall–Kier alpha value is -1.68. The summed E-state index contributed by atoms with van der Waals surface area (Å²) in [6.45, 7) is 0.910. The van der Waals surface area contributed by atoms with Crippen LogP contribution >= 0.6 is 11.3 Å². The largest absolute Gasteiger partial charge is 0.269 e. The van der Waals surface area contributed by atoms with Crippen molar-refractivity contribution in [2.75, 3.05) is 13.6 Å². The monoisotopic (exact) mass is 310 g/mol. The lowest BCUT2D eigenvalue weighted by Crippen LogP contribution is -2.28. The second-order valence-electron chi connectivity index (χ2n) is 5.82. The molecule has 1 atom stereocenters. The summed E-state index contributed by atoms with van der Waals surface area (Å²) in [6.07, 6.45) is 2.15. The molecule has 0 saturated carbocycles. The fraction of sp³-hybridized carbons (Fsp3) is 0.263. The Labute approximate surface area is 136 Å². The smallest absolute Gasteiger partial charge is 0.0131 e. The number of hydrogen-bond acceptors (Lipinski definition) is 3. The topological polar surface area (TPSA) is 29.3 Å². The molecular formula is C19H22N2S. The van der Waals surface area contributed by atoms with Gasteiger partial charge >= 0.3 is 0 Å². The van der Waals surface area contributed by atoms with Crippen LogP contribution in [0.25, 0.3) is 10.8 Å². The Morgan fingerprint density at radius 1 is 1.05 bits per heavy atom. The maximum atomic E-state index is 5.81. The zero-order chi connectivity index (χ0) is 15.4. The van der Waals surface area contributed by atoms with Gasteiger partial charge in [-0.05, 0) is 46.5 Å². The molecular weight excluding hydrogens is 288 g/mol.